The van der Waals surface area contributed by atoms with Gasteiger partial charge in [0.15, 0.2) is 6.10 Å². The van der Waals surface area contributed by atoms with Gasteiger partial charge in [-0.15, -0.1) is 0 Å². The van der Waals surface area contributed by atoms with Gasteiger partial charge in [-0.2, -0.15) is 0 Å². The summed E-state index contributed by atoms with van der Waals surface area (Å²) >= 11 is 0. The van der Waals surface area contributed by atoms with Gasteiger partial charge in [-0.25, -0.2) is 0 Å². The zero-order chi connectivity index (χ0) is 44.9. The van der Waals surface area contributed by atoms with Gasteiger partial charge in [0.25, 0.3) is 0 Å². The fourth-order valence-electron chi connectivity index (χ4n) is 7.30. The summed E-state index contributed by atoms with van der Waals surface area (Å²) in [6, 6.07) is 0. The highest BCUT2D eigenvalue weighted by molar-refractivity contribution is 5.70. The molecule has 0 aliphatic rings. The standard InChI is InChI=1S/C57H100O5/c1-4-7-10-13-16-19-22-25-28-29-31-32-35-38-41-44-47-50-56(58)61-54-55(53-60-52-49-46-43-40-37-34-27-24-21-18-15-12-9-6-3)62-57(59)51-48-45-42-39-36-33-30-26-23-20-17-14-11-8-5-2/h8,11,16-17,19-20,25-26,28,30,36,39,55H,4-7,9-10,12-15,18,21-24,27,29,31-35,37-38,40-54H2,1-3H3/b11-8-,19-16-,20-17-,28-25-,30-26-,39-36-. The molecule has 62 heavy (non-hydrogen) atoms. The summed E-state index contributed by atoms with van der Waals surface area (Å²) in [4.78, 5) is 25.4. The van der Waals surface area contributed by atoms with Crippen molar-refractivity contribution in [1.29, 1.82) is 0 Å². The van der Waals surface area contributed by atoms with E-state index < -0.39 is 6.10 Å². The number of carbonyl (C=O) groups is 2. The van der Waals surface area contributed by atoms with Gasteiger partial charge in [-0.3, -0.25) is 9.59 Å². The monoisotopic (exact) mass is 865 g/mol. The molecular weight excluding hydrogens is 765 g/mol. The first kappa shape index (κ1) is 59.3. The Morgan fingerprint density at radius 2 is 0.726 bits per heavy atom. The van der Waals surface area contributed by atoms with E-state index in [9.17, 15) is 9.59 Å². The van der Waals surface area contributed by atoms with Crippen molar-refractivity contribution in [3.05, 3.63) is 72.9 Å². The summed E-state index contributed by atoms with van der Waals surface area (Å²) < 4.78 is 17.4. The Labute approximate surface area is 385 Å². The molecule has 0 fully saturated rings. The quantitative estimate of drug-likeness (QED) is 0.0346. The van der Waals surface area contributed by atoms with E-state index in [2.05, 4.69) is 93.7 Å². The molecule has 5 nitrogen and oxygen atoms in total. The summed E-state index contributed by atoms with van der Waals surface area (Å²) in [5, 5.41) is 0. The molecule has 0 aliphatic carbocycles. The largest absolute Gasteiger partial charge is 0.462 e. The second kappa shape index (κ2) is 52.7. The zero-order valence-corrected chi connectivity index (χ0v) is 41.1. The molecule has 5 heteroatoms. The third-order valence-corrected chi connectivity index (χ3v) is 11.2. The van der Waals surface area contributed by atoms with Gasteiger partial charge in [0.05, 0.1) is 6.61 Å². The lowest BCUT2D eigenvalue weighted by Crippen LogP contribution is -2.30. The van der Waals surface area contributed by atoms with Gasteiger partial charge in [-0.05, 0) is 89.9 Å². The SMILES string of the molecule is CC/C=C\C/C=C\C/C=C\C/C=C\CCCCC(=O)OC(COCCCCCCCCCCCCCCCC)COC(=O)CCCCCCCCC/C=C\C/C=C\CCCCC. The molecule has 0 N–H and O–H groups in total. The molecule has 0 aromatic heterocycles. The van der Waals surface area contributed by atoms with Crippen LogP contribution in [0.4, 0.5) is 0 Å². The predicted octanol–water partition coefficient (Wildman–Crippen LogP) is 17.9. The summed E-state index contributed by atoms with van der Waals surface area (Å²) in [5.74, 6) is -0.448. The Morgan fingerprint density at radius 3 is 1.23 bits per heavy atom. The van der Waals surface area contributed by atoms with Gasteiger partial charge in [0.1, 0.15) is 6.61 Å². The lowest BCUT2D eigenvalue weighted by Gasteiger charge is -2.18. The minimum absolute atomic E-state index is 0.0644. The molecule has 358 valence electrons. The van der Waals surface area contributed by atoms with Crippen LogP contribution in [-0.2, 0) is 23.8 Å². The predicted molar refractivity (Wildman–Crippen MR) is 270 cm³/mol. The molecule has 0 rings (SSSR count). The number of carbonyl (C=O) groups excluding carboxylic acids is 2. The average Bonchev–Trinajstić information content (AvgIpc) is 3.27. The van der Waals surface area contributed by atoms with Gasteiger partial charge in [-0.1, -0.05) is 222 Å². The van der Waals surface area contributed by atoms with Crippen molar-refractivity contribution in [2.75, 3.05) is 19.8 Å². The molecule has 0 aromatic rings. The minimum Gasteiger partial charge on any atom is -0.462 e. The van der Waals surface area contributed by atoms with Crippen molar-refractivity contribution in [1.82, 2.24) is 0 Å². The summed E-state index contributed by atoms with van der Waals surface area (Å²) in [5.41, 5.74) is 0. The van der Waals surface area contributed by atoms with E-state index in [1.54, 1.807) is 0 Å². The first-order valence-corrected chi connectivity index (χ1v) is 26.5. The maximum absolute atomic E-state index is 12.8. The van der Waals surface area contributed by atoms with E-state index in [1.165, 1.54) is 135 Å². The van der Waals surface area contributed by atoms with Crippen LogP contribution in [0.15, 0.2) is 72.9 Å². The van der Waals surface area contributed by atoms with E-state index >= 15 is 0 Å². The number of ether oxygens (including phenoxy) is 3. The topological polar surface area (TPSA) is 61.8 Å². The molecular formula is C57H100O5. The lowest BCUT2D eigenvalue weighted by atomic mass is 10.0. The number of hydrogen-bond donors (Lipinski definition) is 0. The molecule has 0 aromatic carbocycles. The van der Waals surface area contributed by atoms with Gasteiger partial charge in [0.2, 0.25) is 0 Å². The minimum atomic E-state index is -0.561. The normalized spacial score (nSPS) is 12.8. The highest BCUT2D eigenvalue weighted by Gasteiger charge is 2.17. The van der Waals surface area contributed by atoms with E-state index in [0.717, 1.165) is 83.5 Å². The fourth-order valence-corrected chi connectivity index (χ4v) is 7.30. The van der Waals surface area contributed by atoms with Crippen molar-refractivity contribution in [2.45, 2.75) is 258 Å². The third-order valence-electron chi connectivity index (χ3n) is 11.2. The maximum atomic E-state index is 12.8. The number of esters is 2. The van der Waals surface area contributed by atoms with Gasteiger partial charge in [0, 0.05) is 19.4 Å². The van der Waals surface area contributed by atoms with Crippen molar-refractivity contribution in [3.63, 3.8) is 0 Å². The molecule has 0 heterocycles. The molecule has 0 bridgehead atoms. The Balaban J connectivity index is 4.33. The summed E-state index contributed by atoms with van der Waals surface area (Å²) in [6.45, 7) is 7.66. The first-order chi connectivity index (χ1) is 30.6. The van der Waals surface area contributed by atoms with Gasteiger partial charge < -0.3 is 14.2 Å². The Morgan fingerprint density at radius 1 is 0.371 bits per heavy atom. The number of rotatable bonds is 48. The van der Waals surface area contributed by atoms with E-state index in [4.69, 9.17) is 14.2 Å². The Bertz CT molecular complexity index is 1110. The molecule has 1 unspecified atom stereocenters. The van der Waals surface area contributed by atoms with Crippen LogP contribution < -0.4 is 0 Å². The van der Waals surface area contributed by atoms with E-state index in [-0.39, 0.29) is 25.2 Å². The Kier molecular flexibility index (Phi) is 50.4. The van der Waals surface area contributed by atoms with E-state index in [1.807, 2.05) is 0 Å². The van der Waals surface area contributed by atoms with Crippen LogP contribution in [0.5, 0.6) is 0 Å². The zero-order valence-electron chi connectivity index (χ0n) is 41.1. The van der Waals surface area contributed by atoms with Crippen molar-refractivity contribution in [2.24, 2.45) is 0 Å². The van der Waals surface area contributed by atoms with Crippen molar-refractivity contribution in [3.8, 4) is 0 Å². The molecule has 0 saturated heterocycles. The van der Waals surface area contributed by atoms with Crippen LogP contribution in [0.1, 0.15) is 252 Å². The van der Waals surface area contributed by atoms with E-state index in [0.29, 0.717) is 19.4 Å². The molecule has 1 atom stereocenters. The lowest BCUT2D eigenvalue weighted by molar-refractivity contribution is -0.163. The third kappa shape index (κ3) is 50.0. The number of allylic oxidation sites excluding steroid dienone is 12. The van der Waals surface area contributed by atoms with Crippen LogP contribution in [0.3, 0.4) is 0 Å². The second-order valence-electron chi connectivity index (χ2n) is 17.4. The van der Waals surface area contributed by atoms with Crippen molar-refractivity contribution < 1.29 is 23.8 Å². The fraction of sp³-hybridized carbons (Fsp3) is 0.754. The average molecular weight is 865 g/mol. The summed E-state index contributed by atoms with van der Waals surface area (Å²) in [6.07, 6.45) is 67.7. The van der Waals surface area contributed by atoms with Crippen LogP contribution >= 0.6 is 0 Å². The molecule has 0 amide bonds. The number of hydrogen-bond acceptors (Lipinski definition) is 5. The van der Waals surface area contributed by atoms with Crippen molar-refractivity contribution >= 4 is 11.9 Å². The highest BCUT2D eigenvalue weighted by atomic mass is 16.6. The second-order valence-corrected chi connectivity index (χ2v) is 17.4. The Hall–Kier alpha value is -2.66. The van der Waals surface area contributed by atoms with Crippen LogP contribution in [0.25, 0.3) is 0 Å². The first-order valence-electron chi connectivity index (χ1n) is 26.5. The summed E-state index contributed by atoms with van der Waals surface area (Å²) in [7, 11) is 0. The van der Waals surface area contributed by atoms with Crippen LogP contribution in [0, 0.1) is 0 Å². The molecule has 0 radical (unpaired) electrons. The molecule has 0 aliphatic heterocycles. The maximum Gasteiger partial charge on any atom is 0.306 e. The molecule has 0 spiro atoms. The van der Waals surface area contributed by atoms with Crippen LogP contribution in [0.2, 0.25) is 0 Å². The van der Waals surface area contributed by atoms with Gasteiger partial charge >= 0.3 is 11.9 Å². The smallest absolute Gasteiger partial charge is 0.306 e. The van der Waals surface area contributed by atoms with Crippen LogP contribution in [-0.4, -0.2) is 37.9 Å². The number of unbranched alkanes of at least 4 members (excludes halogenated alkanes) is 25. The highest BCUT2D eigenvalue weighted by Crippen LogP contribution is 2.14. The molecule has 0 saturated carbocycles.